The van der Waals surface area contributed by atoms with Crippen molar-refractivity contribution in [3.8, 4) is 0 Å². The standard InChI is InChI=1S/C9H10N4O2/c10-7-2-1-6-4-11-13(8(6)3-7)5-9(14)12-15/h1-4H,5H2,(H4,10,11,12,14,15)/p+1. The highest BCUT2D eigenvalue weighted by Crippen LogP contribution is 2.12. The van der Waals surface area contributed by atoms with E-state index in [0.29, 0.717) is 5.69 Å². The molecule has 15 heavy (non-hydrogen) atoms. The van der Waals surface area contributed by atoms with Crippen LogP contribution in [0.15, 0.2) is 24.4 Å². The van der Waals surface area contributed by atoms with Gasteiger partial charge in [0.1, 0.15) is 0 Å². The molecule has 0 aliphatic heterocycles. The zero-order valence-corrected chi connectivity index (χ0v) is 7.90. The molecule has 1 amide bonds. The average molecular weight is 207 g/mol. The summed E-state index contributed by atoms with van der Waals surface area (Å²) < 4.78 is 1.59. The summed E-state index contributed by atoms with van der Waals surface area (Å²) in [6.45, 7) is 0.0173. The van der Waals surface area contributed by atoms with Crippen LogP contribution in [0.5, 0.6) is 0 Å². The maximum absolute atomic E-state index is 11.0. The first-order chi connectivity index (χ1) is 7.20. The Morgan fingerprint density at radius 3 is 3.13 bits per heavy atom. The highest BCUT2D eigenvalue weighted by Gasteiger charge is 2.15. The molecule has 0 aliphatic carbocycles. The Balaban J connectivity index is 2.43. The first kappa shape index (κ1) is 9.47. The number of hydrogen-bond donors (Lipinski definition) is 4. The summed E-state index contributed by atoms with van der Waals surface area (Å²) >= 11 is 0. The number of fused-ring (bicyclic) bond motifs is 1. The molecule has 0 aliphatic rings. The van der Waals surface area contributed by atoms with E-state index < -0.39 is 5.91 Å². The first-order valence-corrected chi connectivity index (χ1v) is 4.40. The molecule has 6 nitrogen and oxygen atoms in total. The molecule has 0 spiro atoms. The third-order valence-corrected chi connectivity index (χ3v) is 2.15. The summed E-state index contributed by atoms with van der Waals surface area (Å²) in [5.74, 6) is -0.494. The van der Waals surface area contributed by atoms with Crippen molar-refractivity contribution in [3.63, 3.8) is 0 Å². The van der Waals surface area contributed by atoms with Gasteiger partial charge in [-0.2, -0.15) is 5.10 Å². The number of aromatic amines is 1. The number of H-pyrrole nitrogens is 1. The maximum Gasteiger partial charge on any atom is 0.311 e. The zero-order chi connectivity index (χ0) is 10.8. The maximum atomic E-state index is 11.0. The molecule has 0 radical (unpaired) electrons. The number of nitrogens with two attached hydrogens (primary N) is 1. The van der Waals surface area contributed by atoms with Gasteiger partial charge in [-0.25, -0.2) is 5.48 Å². The summed E-state index contributed by atoms with van der Waals surface area (Å²) in [4.78, 5) is 11.0. The van der Waals surface area contributed by atoms with Crippen LogP contribution in [0, 0.1) is 0 Å². The minimum absolute atomic E-state index is 0.0173. The lowest BCUT2D eigenvalue weighted by Gasteiger charge is -1.93. The monoisotopic (exact) mass is 207 g/mol. The van der Waals surface area contributed by atoms with Crippen LogP contribution in [0.25, 0.3) is 10.9 Å². The van der Waals surface area contributed by atoms with E-state index in [1.807, 2.05) is 6.07 Å². The number of anilines is 1. The van der Waals surface area contributed by atoms with Crippen LogP contribution in [0.3, 0.4) is 0 Å². The molecule has 1 heterocycles. The SMILES string of the molecule is Nc1ccc2c[nH][n+](CC(=O)NO)c2c1. The van der Waals surface area contributed by atoms with Gasteiger partial charge in [0, 0.05) is 11.8 Å². The molecule has 0 saturated carbocycles. The van der Waals surface area contributed by atoms with Gasteiger partial charge in [-0.15, -0.1) is 4.68 Å². The van der Waals surface area contributed by atoms with Crippen LogP contribution in [-0.4, -0.2) is 16.2 Å². The molecule has 1 aromatic carbocycles. The fraction of sp³-hybridized carbons (Fsp3) is 0.111. The Morgan fingerprint density at radius 2 is 2.40 bits per heavy atom. The molecule has 0 saturated heterocycles. The zero-order valence-electron chi connectivity index (χ0n) is 7.90. The Hall–Kier alpha value is -2.08. The lowest BCUT2D eigenvalue weighted by atomic mass is 10.2. The minimum atomic E-state index is -0.494. The van der Waals surface area contributed by atoms with Gasteiger partial charge in [0.2, 0.25) is 5.52 Å². The Kier molecular flexibility index (Phi) is 2.26. The predicted molar refractivity (Wildman–Crippen MR) is 52.8 cm³/mol. The Bertz CT molecular complexity index is 506. The van der Waals surface area contributed by atoms with E-state index >= 15 is 0 Å². The Morgan fingerprint density at radius 1 is 1.60 bits per heavy atom. The molecule has 5 N–H and O–H groups in total. The average Bonchev–Trinajstić information content (AvgIpc) is 2.61. The fourth-order valence-corrected chi connectivity index (χ4v) is 1.44. The van der Waals surface area contributed by atoms with E-state index in [-0.39, 0.29) is 6.54 Å². The van der Waals surface area contributed by atoms with E-state index in [9.17, 15) is 4.79 Å². The summed E-state index contributed by atoms with van der Waals surface area (Å²) in [6.07, 6.45) is 1.76. The second-order valence-electron chi connectivity index (χ2n) is 3.21. The van der Waals surface area contributed by atoms with Crippen molar-refractivity contribution in [2.24, 2.45) is 0 Å². The predicted octanol–water partition coefficient (Wildman–Crippen LogP) is -0.457. The third kappa shape index (κ3) is 1.75. The normalized spacial score (nSPS) is 10.5. The lowest BCUT2D eigenvalue weighted by molar-refractivity contribution is -0.715. The number of carbonyl (C=O) groups is 1. The Labute approximate surface area is 85.2 Å². The molecule has 0 unspecified atom stereocenters. The molecular weight excluding hydrogens is 196 g/mol. The van der Waals surface area contributed by atoms with Crippen LogP contribution in [-0.2, 0) is 11.3 Å². The number of nitrogens with one attached hydrogen (secondary N) is 2. The van der Waals surface area contributed by atoms with Crippen molar-refractivity contribution >= 4 is 22.5 Å². The van der Waals surface area contributed by atoms with E-state index in [0.717, 1.165) is 10.9 Å². The van der Waals surface area contributed by atoms with Gasteiger partial charge in [-0.3, -0.25) is 10.0 Å². The van der Waals surface area contributed by atoms with E-state index in [4.69, 9.17) is 10.9 Å². The summed E-state index contributed by atoms with van der Waals surface area (Å²) in [5, 5.41) is 12.3. The molecule has 0 fully saturated rings. The van der Waals surface area contributed by atoms with Crippen molar-refractivity contribution in [1.82, 2.24) is 10.6 Å². The number of nitrogens with zero attached hydrogens (tertiary/aromatic N) is 1. The highest BCUT2D eigenvalue weighted by atomic mass is 16.5. The van der Waals surface area contributed by atoms with Gasteiger partial charge < -0.3 is 5.73 Å². The molecule has 2 rings (SSSR count). The van der Waals surface area contributed by atoms with Crippen molar-refractivity contribution in [1.29, 1.82) is 0 Å². The van der Waals surface area contributed by atoms with Gasteiger partial charge in [0.05, 0.1) is 11.6 Å². The molecule has 2 aromatic rings. The van der Waals surface area contributed by atoms with Crippen molar-refractivity contribution < 1.29 is 14.7 Å². The second-order valence-corrected chi connectivity index (χ2v) is 3.21. The van der Waals surface area contributed by atoms with E-state index in [1.54, 1.807) is 28.5 Å². The number of hydroxylamine groups is 1. The van der Waals surface area contributed by atoms with Crippen LogP contribution >= 0.6 is 0 Å². The number of hydrogen-bond acceptors (Lipinski definition) is 3. The van der Waals surface area contributed by atoms with Crippen LogP contribution in [0.2, 0.25) is 0 Å². The molecule has 6 heteroatoms. The van der Waals surface area contributed by atoms with Crippen molar-refractivity contribution in [2.75, 3.05) is 5.73 Å². The summed E-state index contributed by atoms with van der Waals surface area (Å²) in [6, 6.07) is 5.40. The highest BCUT2D eigenvalue weighted by molar-refractivity contribution is 5.79. The fourth-order valence-electron chi connectivity index (χ4n) is 1.44. The third-order valence-electron chi connectivity index (χ3n) is 2.15. The topological polar surface area (TPSA) is 95.0 Å². The molecule has 1 aromatic heterocycles. The van der Waals surface area contributed by atoms with Gasteiger partial charge in [0.25, 0.3) is 6.54 Å². The first-order valence-electron chi connectivity index (χ1n) is 4.40. The van der Waals surface area contributed by atoms with Crippen molar-refractivity contribution in [3.05, 3.63) is 24.4 Å². The van der Waals surface area contributed by atoms with Gasteiger partial charge in [-0.1, -0.05) is 0 Å². The number of carbonyl (C=O) groups excluding carboxylic acids is 1. The van der Waals surface area contributed by atoms with Crippen LogP contribution < -0.4 is 15.9 Å². The van der Waals surface area contributed by atoms with Crippen LogP contribution in [0.1, 0.15) is 0 Å². The smallest absolute Gasteiger partial charge is 0.311 e. The summed E-state index contributed by atoms with van der Waals surface area (Å²) in [7, 11) is 0. The number of aromatic nitrogens is 2. The molecular formula is C9H11N4O2+. The van der Waals surface area contributed by atoms with Gasteiger partial charge >= 0.3 is 5.91 Å². The van der Waals surface area contributed by atoms with E-state index in [2.05, 4.69) is 5.10 Å². The quantitative estimate of drug-likeness (QED) is 0.232. The molecule has 0 bridgehead atoms. The number of rotatable bonds is 2. The largest absolute Gasteiger partial charge is 0.399 e. The molecule has 78 valence electrons. The molecule has 0 atom stereocenters. The summed E-state index contributed by atoms with van der Waals surface area (Å²) in [5.41, 5.74) is 8.65. The van der Waals surface area contributed by atoms with Gasteiger partial charge in [-0.05, 0) is 12.1 Å². The number of benzene rings is 1. The number of nitrogen functional groups attached to an aromatic ring is 1. The van der Waals surface area contributed by atoms with E-state index in [1.165, 1.54) is 0 Å². The van der Waals surface area contributed by atoms with Crippen molar-refractivity contribution in [2.45, 2.75) is 6.54 Å². The lowest BCUT2D eigenvalue weighted by Crippen LogP contribution is -2.43. The minimum Gasteiger partial charge on any atom is -0.399 e. The second kappa shape index (κ2) is 3.58. The van der Waals surface area contributed by atoms with Gasteiger partial charge in [0.15, 0.2) is 0 Å². The number of amides is 1. The van der Waals surface area contributed by atoms with Crippen LogP contribution in [0.4, 0.5) is 5.69 Å².